The van der Waals surface area contributed by atoms with E-state index in [9.17, 15) is 0 Å². The van der Waals surface area contributed by atoms with Crippen LogP contribution in [0.2, 0.25) is 0 Å². The van der Waals surface area contributed by atoms with E-state index in [2.05, 4.69) is 25.3 Å². The van der Waals surface area contributed by atoms with E-state index in [1.54, 1.807) is 20.5 Å². The van der Waals surface area contributed by atoms with Crippen molar-refractivity contribution in [2.24, 2.45) is 0 Å². The van der Waals surface area contributed by atoms with Gasteiger partial charge in [-0.05, 0) is 24.1 Å². The maximum Gasteiger partial charge on any atom is 0.182 e. The summed E-state index contributed by atoms with van der Waals surface area (Å²) >= 11 is 0. The van der Waals surface area contributed by atoms with Crippen LogP contribution in [0, 0.1) is 0 Å². The molecule has 0 atom stereocenters. The summed E-state index contributed by atoms with van der Waals surface area (Å²) in [6, 6.07) is 5.91. The summed E-state index contributed by atoms with van der Waals surface area (Å²) in [5.41, 5.74) is 2.62. The molecular formula is C15H18ClN5O2. The quantitative estimate of drug-likeness (QED) is 0.719. The zero-order valence-electron chi connectivity index (χ0n) is 12.9. The van der Waals surface area contributed by atoms with Gasteiger partial charge in [0.2, 0.25) is 0 Å². The zero-order chi connectivity index (χ0) is 15.4. The van der Waals surface area contributed by atoms with Crippen LogP contribution in [0.3, 0.4) is 0 Å². The lowest BCUT2D eigenvalue weighted by molar-refractivity contribution is 0.354. The van der Waals surface area contributed by atoms with E-state index in [1.165, 1.54) is 6.33 Å². The molecule has 0 amide bonds. The predicted octanol–water partition coefficient (Wildman–Crippen LogP) is 2.45. The van der Waals surface area contributed by atoms with Crippen LogP contribution >= 0.6 is 12.4 Å². The van der Waals surface area contributed by atoms with Gasteiger partial charge in [-0.2, -0.15) is 0 Å². The van der Waals surface area contributed by atoms with E-state index in [-0.39, 0.29) is 12.4 Å². The Balaban J connectivity index is 0.00000192. The molecular weight excluding hydrogens is 318 g/mol. The third-order valence-corrected chi connectivity index (χ3v) is 3.38. The second kappa shape index (κ2) is 7.64. The third-order valence-electron chi connectivity index (χ3n) is 3.38. The lowest BCUT2D eigenvalue weighted by Crippen LogP contribution is -2.07. The van der Waals surface area contributed by atoms with Gasteiger partial charge in [0.15, 0.2) is 23.0 Å². The van der Waals surface area contributed by atoms with Crippen LogP contribution in [0.25, 0.3) is 11.2 Å². The molecule has 0 aliphatic rings. The van der Waals surface area contributed by atoms with Crippen molar-refractivity contribution in [2.45, 2.75) is 6.42 Å². The standard InChI is InChI=1S/C15H17N5O2.ClH/c1-21-11-4-3-10(7-12(11)22-2)5-6-16-14-13-15(18-8-17-13)20-9-19-14;/h3-4,7-9H,5-6H2,1-2H3,(H2,16,17,18,19,20);1H. The highest BCUT2D eigenvalue weighted by Gasteiger charge is 2.06. The average Bonchev–Trinajstić information content (AvgIpc) is 3.04. The number of nitrogens with one attached hydrogen (secondary N) is 2. The van der Waals surface area contributed by atoms with E-state index >= 15 is 0 Å². The van der Waals surface area contributed by atoms with E-state index in [0.29, 0.717) is 5.65 Å². The fourth-order valence-electron chi connectivity index (χ4n) is 2.26. The number of nitrogens with zero attached hydrogens (tertiary/aromatic N) is 3. The maximum absolute atomic E-state index is 5.31. The number of rotatable bonds is 6. The largest absolute Gasteiger partial charge is 0.493 e. The average molecular weight is 336 g/mol. The van der Waals surface area contributed by atoms with Crippen LogP contribution in [0.4, 0.5) is 5.82 Å². The van der Waals surface area contributed by atoms with Crippen LogP contribution < -0.4 is 14.8 Å². The normalized spacial score (nSPS) is 10.2. The first-order valence-corrected chi connectivity index (χ1v) is 6.90. The first-order valence-electron chi connectivity index (χ1n) is 6.90. The number of hydrogen-bond donors (Lipinski definition) is 2. The molecule has 0 spiro atoms. The number of anilines is 1. The summed E-state index contributed by atoms with van der Waals surface area (Å²) in [7, 11) is 3.26. The number of imidazole rings is 1. The van der Waals surface area contributed by atoms with Gasteiger partial charge in [-0.1, -0.05) is 6.07 Å². The number of aromatic amines is 1. The summed E-state index contributed by atoms with van der Waals surface area (Å²) in [6.45, 7) is 0.737. The Labute approximate surface area is 139 Å². The van der Waals surface area contributed by atoms with Gasteiger partial charge in [0.25, 0.3) is 0 Å². The lowest BCUT2D eigenvalue weighted by Gasteiger charge is -2.10. The molecule has 3 rings (SSSR count). The molecule has 0 saturated carbocycles. The highest BCUT2D eigenvalue weighted by atomic mass is 35.5. The second-order valence-electron chi connectivity index (χ2n) is 4.69. The van der Waals surface area contributed by atoms with Gasteiger partial charge in [0.1, 0.15) is 11.8 Å². The number of methoxy groups -OCH3 is 2. The Morgan fingerprint density at radius 2 is 1.91 bits per heavy atom. The van der Waals surface area contributed by atoms with Crippen molar-refractivity contribution in [3.05, 3.63) is 36.4 Å². The third kappa shape index (κ3) is 3.62. The van der Waals surface area contributed by atoms with Gasteiger partial charge < -0.3 is 19.8 Å². The second-order valence-corrected chi connectivity index (χ2v) is 4.69. The Bertz CT molecular complexity index is 777. The van der Waals surface area contributed by atoms with Crippen LogP contribution in [-0.4, -0.2) is 40.7 Å². The van der Waals surface area contributed by atoms with Gasteiger partial charge >= 0.3 is 0 Å². The molecule has 0 radical (unpaired) electrons. The topological polar surface area (TPSA) is 85.0 Å². The molecule has 0 fully saturated rings. The minimum absolute atomic E-state index is 0. The SMILES string of the molecule is COc1ccc(CCNc2ncnc3nc[nH]c23)cc1OC.Cl. The van der Waals surface area contributed by atoms with Gasteiger partial charge in [-0.15, -0.1) is 12.4 Å². The number of halogens is 1. The van der Waals surface area contributed by atoms with Crippen LogP contribution in [0.1, 0.15) is 5.56 Å². The Kier molecular flexibility index (Phi) is 5.59. The number of H-pyrrole nitrogens is 1. The van der Waals surface area contributed by atoms with E-state index < -0.39 is 0 Å². The van der Waals surface area contributed by atoms with Gasteiger partial charge in [0, 0.05) is 6.54 Å². The van der Waals surface area contributed by atoms with E-state index in [1.807, 2.05) is 18.2 Å². The molecule has 2 aromatic heterocycles. The number of benzene rings is 1. The fraction of sp³-hybridized carbons (Fsp3) is 0.267. The molecule has 0 bridgehead atoms. The first kappa shape index (κ1) is 16.8. The molecule has 0 aliphatic carbocycles. The van der Waals surface area contributed by atoms with Crippen molar-refractivity contribution in [3.63, 3.8) is 0 Å². The zero-order valence-corrected chi connectivity index (χ0v) is 13.7. The van der Waals surface area contributed by atoms with Crippen LogP contribution in [0.5, 0.6) is 11.5 Å². The summed E-state index contributed by atoms with van der Waals surface area (Å²) in [6.07, 6.45) is 3.95. The van der Waals surface area contributed by atoms with Gasteiger partial charge in [-0.3, -0.25) is 0 Å². The summed E-state index contributed by atoms with van der Waals surface area (Å²) in [5, 5.41) is 3.29. The lowest BCUT2D eigenvalue weighted by atomic mass is 10.1. The molecule has 8 heteroatoms. The molecule has 0 aliphatic heterocycles. The minimum Gasteiger partial charge on any atom is -0.493 e. The first-order chi connectivity index (χ1) is 10.8. The summed E-state index contributed by atoms with van der Waals surface area (Å²) < 4.78 is 10.5. The fourth-order valence-corrected chi connectivity index (χ4v) is 2.26. The Morgan fingerprint density at radius 1 is 1.09 bits per heavy atom. The molecule has 3 aromatic rings. The smallest absolute Gasteiger partial charge is 0.182 e. The molecule has 122 valence electrons. The van der Waals surface area contributed by atoms with E-state index in [4.69, 9.17) is 9.47 Å². The summed E-state index contributed by atoms with van der Waals surface area (Å²) in [4.78, 5) is 15.5. The maximum atomic E-state index is 5.31. The molecule has 2 heterocycles. The number of hydrogen-bond acceptors (Lipinski definition) is 6. The molecule has 23 heavy (non-hydrogen) atoms. The van der Waals surface area contributed by atoms with Crippen molar-refractivity contribution in [2.75, 3.05) is 26.1 Å². The van der Waals surface area contributed by atoms with Crippen molar-refractivity contribution in [1.82, 2.24) is 19.9 Å². The highest BCUT2D eigenvalue weighted by molar-refractivity contribution is 5.85. The highest BCUT2D eigenvalue weighted by Crippen LogP contribution is 2.27. The number of ether oxygens (including phenoxy) is 2. The van der Waals surface area contributed by atoms with Gasteiger partial charge in [0.05, 0.1) is 20.5 Å². The van der Waals surface area contributed by atoms with Crippen LogP contribution in [0.15, 0.2) is 30.9 Å². The number of fused-ring (bicyclic) bond motifs is 1. The van der Waals surface area contributed by atoms with Crippen molar-refractivity contribution >= 4 is 29.4 Å². The van der Waals surface area contributed by atoms with Crippen LogP contribution in [-0.2, 0) is 6.42 Å². The van der Waals surface area contributed by atoms with E-state index in [0.717, 1.165) is 41.4 Å². The predicted molar refractivity (Wildman–Crippen MR) is 90.7 cm³/mol. The summed E-state index contributed by atoms with van der Waals surface area (Å²) in [5.74, 6) is 2.22. The molecule has 7 nitrogen and oxygen atoms in total. The Morgan fingerprint density at radius 3 is 2.70 bits per heavy atom. The van der Waals surface area contributed by atoms with Crippen molar-refractivity contribution in [1.29, 1.82) is 0 Å². The van der Waals surface area contributed by atoms with Gasteiger partial charge in [-0.25, -0.2) is 15.0 Å². The molecule has 1 aromatic carbocycles. The van der Waals surface area contributed by atoms with Crippen molar-refractivity contribution in [3.8, 4) is 11.5 Å². The van der Waals surface area contributed by atoms with Crippen molar-refractivity contribution < 1.29 is 9.47 Å². The molecule has 2 N–H and O–H groups in total. The number of aromatic nitrogens is 4. The minimum atomic E-state index is 0. The molecule has 0 unspecified atom stereocenters. The molecule has 0 saturated heterocycles. The Hall–Kier alpha value is -2.54. The monoisotopic (exact) mass is 335 g/mol.